The second-order valence-corrected chi connectivity index (χ2v) is 17.6. The molecule has 0 fully saturated rings. The van der Waals surface area contributed by atoms with Crippen LogP contribution in [0.4, 0.5) is 0 Å². The molecule has 0 rings (SSSR count). The van der Waals surface area contributed by atoms with Gasteiger partial charge in [0.15, 0.2) is 6.10 Å². The Labute approximate surface area is 412 Å². The highest BCUT2D eigenvalue weighted by Crippen LogP contribution is 2.14. The van der Waals surface area contributed by atoms with Crippen molar-refractivity contribution >= 4 is 17.9 Å². The minimum absolute atomic E-state index is 0.104. The summed E-state index contributed by atoms with van der Waals surface area (Å²) in [5.74, 6) is -0.967. The standard InChI is InChI=1S/C61H98O6/c1-4-7-10-13-16-19-22-25-28-29-30-31-34-36-39-42-45-48-51-54-60(63)66-57-58(67-61(64)55-52-49-46-43-40-37-33-27-24-21-18-15-12-9-6-3)56-65-59(62)53-50-47-44-41-38-35-32-26-23-20-17-14-11-8-5-2/h8-9,11-12,14-25,27,33,37,40,58H,4-7,10,13,26,28-32,34-36,38-39,41-57H2,1-3H3/b11-8-,12-9-,17-14-,18-15-,19-16-,23-20-,24-21-,25-22-,33-27-,40-37-. The van der Waals surface area contributed by atoms with Crippen LogP contribution in [-0.2, 0) is 28.6 Å². The van der Waals surface area contributed by atoms with Gasteiger partial charge in [0.05, 0.1) is 0 Å². The summed E-state index contributed by atoms with van der Waals surface area (Å²) in [7, 11) is 0. The fourth-order valence-electron chi connectivity index (χ4n) is 7.10. The zero-order chi connectivity index (χ0) is 48.6. The third-order valence-corrected chi connectivity index (χ3v) is 11.1. The molecule has 0 aliphatic heterocycles. The number of hydrogen-bond acceptors (Lipinski definition) is 6. The molecule has 0 aromatic rings. The fourth-order valence-corrected chi connectivity index (χ4v) is 7.10. The predicted octanol–water partition coefficient (Wildman–Crippen LogP) is 18.1. The van der Waals surface area contributed by atoms with Crippen LogP contribution in [0.1, 0.15) is 226 Å². The number of esters is 3. The molecule has 1 unspecified atom stereocenters. The molecule has 0 amide bonds. The van der Waals surface area contributed by atoms with Crippen LogP contribution in [0.15, 0.2) is 122 Å². The Morgan fingerprint density at radius 2 is 0.582 bits per heavy atom. The van der Waals surface area contributed by atoms with Crippen LogP contribution in [0.5, 0.6) is 0 Å². The van der Waals surface area contributed by atoms with Gasteiger partial charge in [-0.05, 0) is 83.5 Å². The maximum absolute atomic E-state index is 12.8. The number of rotatable bonds is 47. The molecule has 67 heavy (non-hydrogen) atoms. The van der Waals surface area contributed by atoms with Crippen LogP contribution in [0.25, 0.3) is 0 Å². The van der Waals surface area contributed by atoms with E-state index >= 15 is 0 Å². The first-order chi connectivity index (χ1) is 33.0. The molecule has 0 spiro atoms. The van der Waals surface area contributed by atoms with Gasteiger partial charge in [0, 0.05) is 19.3 Å². The molecule has 0 bridgehead atoms. The van der Waals surface area contributed by atoms with Crippen LogP contribution in [0.2, 0.25) is 0 Å². The Hall–Kier alpha value is -4.19. The molecule has 0 heterocycles. The minimum atomic E-state index is -0.810. The zero-order valence-electron chi connectivity index (χ0n) is 43.1. The average Bonchev–Trinajstić information content (AvgIpc) is 3.33. The molecule has 1 atom stereocenters. The van der Waals surface area contributed by atoms with E-state index in [1.165, 1.54) is 103 Å². The Kier molecular flexibility index (Phi) is 51.0. The SMILES string of the molecule is CC\C=C/C=C\C=C/C=C\C=C/CCCCCC(=O)OC(COC(=O)CCCCCCCCC\C=C/C=C\C=C/CC)COC(=O)CCCCCCCCCCCC/C=C\C=C/CCCCC. The first-order valence-corrected chi connectivity index (χ1v) is 27.2. The topological polar surface area (TPSA) is 78.9 Å². The molecule has 378 valence electrons. The molecule has 0 aromatic heterocycles. The Morgan fingerprint density at radius 3 is 0.940 bits per heavy atom. The number of unbranched alkanes of at least 4 members (excludes halogenated alkanes) is 23. The van der Waals surface area contributed by atoms with Crippen molar-refractivity contribution in [2.24, 2.45) is 0 Å². The molecule has 6 heteroatoms. The van der Waals surface area contributed by atoms with Crippen molar-refractivity contribution in [1.82, 2.24) is 0 Å². The van der Waals surface area contributed by atoms with Gasteiger partial charge >= 0.3 is 17.9 Å². The van der Waals surface area contributed by atoms with Gasteiger partial charge in [-0.25, -0.2) is 0 Å². The van der Waals surface area contributed by atoms with Gasteiger partial charge in [-0.1, -0.05) is 245 Å². The molecule has 0 saturated carbocycles. The van der Waals surface area contributed by atoms with Crippen LogP contribution < -0.4 is 0 Å². The lowest BCUT2D eigenvalue weighted by atomic mass is 10.1. The number of carbonyl (C=O) groups is 3. The number of allylic oxidation sites excluding steroid dienone is 20. The number of ether oxygens (including phenoxy) is 3. The molecule has 6 nitrogen and oxygen atoms in total. The summed E-state index contributed by atoms with van der Waals surface area (Å²) in [6.07, 6.45) is 74.6. The monoisotopic (exact) mass is 927 g/mol. The Balaban J connectivity index is 4.47. The molecular formula is C61H98O6. The van der Waals surface area contributed by atoms with Gasteiger partial charge in [0.25, 0.3) is 0 Å². The van der Waals surface area contributed by atoms with Crippen LogP contribution >= 0.6 is 0 Å². The highest BCUT2D eigenvalue weighted by atomic mass is 16.6. The first kappa shape index (κ1) is 62.8. The van der Waals surface area contributed by atoms with Gasteiger partial charge in [-0.15, -0.1) is 0 Å². The van der Waals surface area contributed by atoms with Crippen LogP contribution in [0.3, 0.4) is 0 Å². The lowest BCUT2D eigenvalue weighted by Crippen LogP contribution is -2.30. The third kappa shape index (κ3) is 52.6. The summed E-state index contributed by atoms with van der Waals surface area (Å²) in [6.45, 7) is 6.28. The van der Waals surface area contributed by atoms with E-state index in [4.69, 9.17) is 14.2 Å². The summed E-state index contributed by atoms with van der Waals surface area (Å²) in [6, 6.07) is 0. The first-order valence-electron chi connectivity index (χ1n) is 27.2. The molecular weight excluding hydrogens is 829 g/mol. The van der Waals surface area contributed by atoms with Gasteiger partial charge in [-0.2, -0.15) is 0 Å². The molecule has 0 aliphatic rings. The fraction of sp³-hybridized carbons (Fsp3) is 0.623. The Morgan fingerprint density at radius 1 is 0.313 bits per heavy atom. The van der Waals surface area contributed by atoms with Gasteiger partial charge < -0.3 is 14.2 Å². The van der Waals surface area contributed by atoms with Gasteiger partial charge in [-0.3, -0.25) is 14.4 Å². The number of carbonyl (C=O) groups excluding carboxylic acids is 3. The lowest BCUT2D eigenvalue weighted by Gasteiger charge is -2.18. The maximum atomic E-state index is 12.8. The minimum Gasteiger partial charge on any atom is -0.462 e. The molecule has 0 radical (unpaired) electrons. The van der Waals surface area contributed by atoms with Crippen molar-refractivity contribution in [3.05, 3.63) is 122 Å². The summed E-state index contributed by atoms with van der Waals surface area (Å²) in [5.41, 5.74) is 0. The maximum Gasteiger partial charge on any atom is 0.306 e. The quantitative estimate of drug-likeness (QED) is 0.0262. The molecule has 0 N–H and O–H groups in total. The molecule has 0 aliphatic carbocycles. The summed E-state index contributed by atoms with van der Waals surface area (Å²) < 4.78 is 16.8. The van der Waals surface area contributed by atoms with Gasteiger partial charge in [0.1, 0.15) is 13.2 Å². The zero-order valence-corrected chi connectivity index (χ0v) is 43.1. The average molecular weight is 927 g/mol. The van der Waals surface area contributed by atoms with Crippen molar-refractivity contribution < 1.29 is 28.6 Å². The van der Waals surface area contributed by atoms with E-state index in [-0.39, 0.29) is 37.5 Å². The largest absolute Gasteiger partial charge is 0.462 e. The van der Waals surface area contributed by atoms with Gasteiger partial charge in [0.2, 0.25) is 0 Å². The van der Waals surface area contributed by atoms with E-state index in [1.807, 2.05) is 48.6 Å². The van der Waals surface area contributed by atoms with Crippen molar-refractivity contribution in [1.29, 1.82) is 0 Å². The van der Waals surface area contributed by atoms with E-state index in [9.17, 15) is 14.4 Å². The second-order valence-electron chi connectivity index (χ2n) is 17.6. The number of hydrogen-bond donors (Lipinski definition) is 0. The van der Waals surface area contributed by atoms with Crippen LogP contribution in [-0.4, -0.2) is 37.2 Å². The normalized spacial score (nSPS) is 13.1. The summed E-state index contributed by atoms with van der Waals surface area (Å²) in [4.78, 5) is 38.1. The predicted molar refractivity (Wildman–Crippen MR) is 288 cm³/mol. The van der Waals surface area contributed by atoms with Crippen molar-refractivity contribution in [2.45, 2.75) is 232 Å². The molecule has 0 saturated heterocycles. The third-order valence-electron chi connectivity index (χ3n) is 11.1. The summed E-state index contributed by atoms with van der Waals surface area (Å²) >= 11 is 0. The van der Waals surface area contributed by atoms with E-state index in [2.05, 4.69) is 93.7 Å². The second kappa shape index (κ2) is 54.4. The van der Waals surface area contributed by atoms with Crippen molar-refractivity contribution in [3.8, 4) is 0 Å². The van der Waals surface area contributed by atoms with Crippen molar-refractivity contribution in [3.63, 3.8) is 0 Å². The Bertz CT molecular complexity index is 1440. The van der Waals surface area contributed by atoms with E-state index < -0.39 is 6.10 Å². The summed E-state index contributed by atoms with van der Waals surface area (Å²) in [5, 5.41) is 0. The molecule has 0 aromatic carbocycles. The van der Waals surface area contributed by atoms with Crippen molar-refractivity contribution in [2.75, 3.05) is 13.2 Å². The van der Waals surface area contributed by atoms with E-state index in [1.54, 1.807) is 0 Å². The van der Waals surface area contributed by atoms with E-state index in [0.717, 1.165) is 77.0 Å². The lowest BCUT2D eigenvalue weighted by molar-refractivity contribution is -0.167. The highest BCUT2D eigenvalue weighted by molar-refractivity contribution is 5.71. The van der Waals surface area contributed by atoms with E-state index in [0.29, 0.717) is 19.3 Å². The highest BCUT2D eigenvalue weighted by Gasteiger charge is 2.19. The van der Waals surface area contributed by atoms with Crippen LogP contribution in [0, 0.1) is 0 Å². The smallest absolute Gasteiger partial charge is 0.306 e.